The Morgan fingerprint density at radius 3 is 2.48 bits per heavy atom. The van der Waals surface area contributed by atoms with Gasteiger partial charge in [-0.2, -0.15) is 0 Å². The van der Waals surface area contributed by atoms with E-state index in [1.807, 2.05) is 0 Å². The van der Waals surface area contributed by atoms with Crippen LogP contribution in [0.2, 0.25) is 0 Å². The third-order valence-corrected chi connectivity index (χ3v) is 6.61. The van der Waals surface area contributed by atoms with Gasteiger partial charge in [-0.25, -0.2) is 0 Å². The molecule has 0 bridgehead atoms. The van der Waals surface area contributed by atoms with E-state index in [1.54, 1.807) is 0 Å². The second-order valence-corrected chi connectivity index (χ2v) is 8.99. The molecule has 1 aromatic rings. The zero-order valence-corrected chi connectivity index (χ0v) is 19.2. The number of benzene rings is 1. The molecule has 2 atom stereocenters. The highest BCUT2D eigenvalue weighted by Gasteiger charge is 2.36. The molecule has 2 aliphatic heterocycles. The lowest BCUT2D eigenvalue weighted by Crippen LogP contribution is -2.58. The standard InChI is InChI=1S/C24H40N4O3/c1-3-25-22(26-17-23(9-13-29)10-14-31-19-23)27-18-24(11-15-30-16-12-24)28-20(2)21-7-5-4-6-8-21/h4-8,20,28-29H,3,9-19H2,1-2H3,(H2,25,26,27). The van der Waals surface area contributed by atoms with Crippen LogP contribution in [0.15, 0.2) is 35.3 Å². The number of hydrogen-bond donors (Lipinski definition) is 4. The maximum Gasteiger partial charge on any atom is 0.191 e. The van der Waals surface area contributed by atoms with Crippen LogP contribution in [-0.4, -0.2) is 69.3 Å². The van der Waals surface area contributed by atoms with E-state index >= 15 is 0 Å². The highest BCUT2D eigenvalue weighted by atomic mass is 16.5. The second kappa shape index (κ2) is 11.8. The van der Waals surface area contributed by atoms with E-state index in [4.69, 9.17) is 14.5 Å². The maximum absolute atomic E-state index is 9.49. The minimum atomic E-state index is -0.0526. The molecule has 2 fully saturated rings. The molecule has 7 nitrogen and oxygen atoms in total. The smallest absolute Gasteiger partial charge is 0.191 e. The summed E-state index contributed by atoms with van der Waals surface area (Å²) >= 11 is 0. The summed E-state index contributed by atoms with van der Waals surface area (Å²) in [7, 11) is 0. The maximum atomic E-state index is 9.49. The van der Waals surface area contributed by atoms with Gasteiger partial charge in [0.05, 0.1) is 13.2 Å². The Labute approximate surface area is 187 Å². The summed E-state index contributed by atoms with van der Waals surface area (Å²) in [4.78, 5) is 4.88. The van der Waals surface area contributed by atoms with Gasteiger partial charge in [0.2, 0.25) is 0 Å². The normalized spacial score (nSPS) is 24.7. The van der Waals surface area contributed by atoms with Gasteiger partial charge in [0, 0.05) is 56.5 Å². The minimum absolute atomic E-state index is 0.0481. The molecule has 4 N–H and O–H groups in total. The molecule has 0 saturated carbocycles. The Balaban J connectivity index is 1.66. The van der Waals surface area contributed by atoms with E-state index in [9.17, 15) is 5.11 Å². The van der Waals surface area contributed by atoms with Gasteiger partial charge in [0.25, 0.3) is 0 Å². The molecule has 3 rings (SSSR count). The number of nitrogens with zero attached hydrogens (tertiary/aromatic N) is 1. The van der Waals surface area contributed by atoms with Crippen LogP contribution in [-0.2, 0) is 9.47 Å². The number of guanidine groups is 1. The fraction of sp³-hybridized carbons (Fsp3) is 0.708. The van der Waals surface area contributed by atoms with Crippen LogP contribution < -0.4 is 16.0 Å². The summed E-state index contributed by atoms with van der Waals surface area (Å²) in [5.74, 6) is 0.826. The van der Waals surface area contributed by atoms with Crippen LogP contribution in [0.5, 0.6) is 0 Å². The van der Waals surface area contributed by atoms with Crippen LogP contribution in [0.4, 0.5) is 0 Å². The molecule has 0 amide bonds. The van der Waals surface area contributed by atoms with E-state index in [-0.39, 0.29) is 23.6 Å². The van der Waals surface area contributed by atoms with Crippen molar-refractivity contribution in [2.75, 3.05) is 52.7 Å². The summed E-state index contributed by atoms with van der Waals surface area (Å²) in [5.41, 5.74) is 1.19. The molecule has 2 heterocycles. The van der Waals surface area contributed by atoms with Crippen molar-refractivity contribution in [2.45, 2.75) is 51.1 Å². The molecule has 2 unspecified atom stereocenters. The quantitative estimate of drug-likeness (QED) is 0.335. The Hall–Kier alpha value is -1.67. The van der Waals surface area contributed by atoms with E-state index in [2.05, 4.69) is 60.1 Å². The lowest BCUT2D eigenvalue weighted by atomic mass is 9.84. The van der Waals surface area contributed by atoms with Crippen molar-refractivity contribution in [3.8, 4) is 0 Å². The zero-order valence-electron chi connectivity index (χ0n) is 19.2. The van der Waals surface area contributed by atoms with Crippen molar-refractivity contribution >= 4 is 5.96 Å². The van der Waals surface area contributed by atoms with Crippen LogP contribution in [0, 0.1) is 5.41 Å². The molecule has 0 radical (unpaired) electrons. The fourth-order valence-corrected chi connectivity index (χ4v) is 4.55. The fourth-order valence-electron chi connectivity index (χ4n) is 4.55. The molecule has 7 heteroatoms. The van der Waals surface area contributed by atoms with Crippen LogP contribution in [0.1, 0.15) is 51.1 Å². The highest BCUT2D eigenvalue weighted by molar-refractivity contribution is 5.79. The molecule has 174 valence electrons. The first-order valence-corrected chi connectivity index (χ1v) is 11.7. The molecule has 0 aromatic heterocycles. The predicted octanol–water partition coefficient (Wildman–Crippen LogP) is 2.23. The number of aliphatic hydroxyl groups is 1. The lowest BCUT2D eigenvalue weighted by molar-refractivity contribution is 0.0354. The van der Waals surface area contributed by atoms with Gasteiger partial charge in [-0.3, -0.25) is 4.99 Å². The average molecular weight is 433 g/mol. The Morgan fingerprint density at radius 2 is 1.84 bits per heavy atom. The molecule has 31 heavy (non-hydrogen) atoms. The largest absolute Gasteiger partial charge is 0.396 e. The predicted molar refractivity (Wildman–Crippen MR) is 124 cm³/mol. The molecule has 2 aliphatic rings. The van der Waals surface area contributed by atoms with Crippen molar-refractivity contribution in [1.82, 2.24) is 16.0 Å². The van der Waals surface area contributed by atoms with Crippen molar-refractivity contribution in [2.24, 2.45) is 10.4 Å². The molecular formula is C24H40N4O3. The first-order valence-electron chi connectivity index (χ1n) is 11.7. The Morgan fingerprint density at radius 1 is 1.10 bits per heavy atom. The van der Waals surface area contributed by atoms with Crippen molar-refractivity contribution in [3.05, 3.63) is 35.9 Å². The van der Waals surface area contributed by atoms with E-state index in [0.717, 1.165) is 64.6 Å². The molecular weight excluding hydrogens is 392 g/mol. The number of ether oxygens (including phenoxy) is 2. The zero-order chi connectivity index (χ0) is 22.0. The molecule has 0 aliphatic carbocycles. The van der Waals surface area contributed by atoms with Crippen molar-refractivity contribution in [1.29, 1.82) is 0 Å². The number of aliphatic imine (C=N–C) groups is 1. The van der Waals surface area contributed by atoms with E-state index < -0.39 is 0 Å². The van der Waals surface area contributed by atoms with Gasteiger partial charge >= 0.3 is 0 Å². The summed E-state index contributed by atoms with van der Waals surface area (Å²) in [6.07, 6.45) is 3.60. The van der Waals surface area contributed by atoms with Gasteiger partial charge < -0.3 is 30.5 Å². The minimum Gasteiger partial charge on any atom is -0.396 e. The van der Waals surface area contributed by atoms with Crippen LogP contribution in [0.3, 0.4) is 0 Å². The van der Waals surface area contributed by atoms with Crippen LogP contribution in [0.25, 0.3) is 0 Å². The highest BCUT2D eigenvalue weighted by Crippen LogP contribution is 2.32. The monoisotopic (exact) mass is 432 g/mol. The van der Waals surface area contributed by atoms with Crippen molar-refractivity contribution < 1.29 is 14.6 Å². The molecule has 1 aromatic carbocycles. The first-order chi connectivity index (χ1) is 15.1. The Bertz CT molecular complexity index is 671. The number of nitrogens with one attached hydrogen (secondary N) is 3. The van der Waals surface area contributed by atoms with Gasteiger partial charge in [-0.05, 0) is 45.1 Å². The molecule has 2 saturated heterocycles. The van der Waals surface area contributed by atoms with E-state index in [1.165, 1.54) is 5.56 Å². The van der Waals surface area contributed by atoms with Gasteiger partial charge in [-0.1, -0.05) is 30.3 Å². The average Bonchev–Trinajstić information content (AvgIpc) is 3.26. The van der Waals surface area contributed by atoms with Gasteiger partial charge in [0.15, 0.2) is 5.96 Å². The van der Waals surface area contributed by atoms with Crippen LogP contribution >= 0.6 is 0 Å². The Kier molecular flexibility index (Phi) is 9.14. The van der Waals surface area contributed by atoms with Crippen molar-refractivity contribution in [3.63, 3.8) is 0 Å². The SMILES string of the molecule is CCNC(=NCC1(CCO)CCOC1)NCC1(NC(C)c2ccccc2)CCOCC1. The first kappa shape index (κ1) is 24.0. The third-order valence-electron chi connectivity index (χ3n) is 6.61. The number of aliphatic hydroxyl groups excluding tert-OH is 1. The number of rotatable bonds is 10. The van der Waals surface area contributed by atoms with Gasteiger partial charge in [0.1, 0.15) is 0 Å². The summed E-state index contributed by atoms with van der Waals surface area (Å²) in [5, 5.41) is 20.4. The van der Waals surface area contributed by atoms with E-state index in [0.29, 0.717) is 13.2 Å². The summed E-state index contributed by atoms with van der Waals surface area (Å²) in [6.45, 7) is 9.69. The topological polar surface area (TPSA) is 87.1 Å². The third kappa shape index (κ3) is 6.91. The summed E-state index contributed by atoms with van der Waals surface area (Å²) < 4.78 is 11.3. The lowest BCUT2D eigenvalue weighted by Gasteiger charge is -2.41. The summed E-state index contributed by atoms with van der Waals surface area (Å²) in [6, 6.07) is 10.8. The second-order valence-electron chi connectivity index (χ2n) is 8.99. The van der Waals surface area contributed by atoms with Gasteiger partial charge in [-0.15, -0.1) is 0 Å². The number of hydrogen-bond acceptors (Lipinski definition) is 5. The molecule has 0 spiro atoms.